The molecule has 0 bridgehead atoms. The number of nitrogens with zero attached hydrogens (tertiary/aromatic N) is 1. The van der Waals surface area contributed by atoms with Crippen LogP contribution in [0.3, 0.4) is 0 Å². The van der Waals surface area contributed by atoms with Gasteiger partial charge in [0.05, 0.1) is 11.7 Å². The van der Waals surface area contributed by atoms with E-state index in [1.165, 1.54) is 4.31 Å². The molecule has 2 aliphatic rings. The number of sulfonamides is 1. The Morgan fingerprint density at radius 1 is 1.29 bits per heavy atom. The summed E-state index contributed by atoms with van der Waals surface area (Å²) < 4.78 is 25.4. The number of aliphatic carboxylic acids is 1. The van der Waals surface area contributed by atoms with Crippen LogP contribution in [0.2, 0.25) is 0 Å². The molecular weight excluding hydrogens is 242 g/mol. The fourth-order valence-electron chi connectivity index (χ4n) is 3.01. The first-order chi connectivity index (χ1) is 7.92. The van der Waals surface area contributed by atoms with Crippen molar-refractivity contribution in [2.24, 2.45) is 11.8 Å². The van der Waals surface area contributed by atoms with Gasteiger partial charge in [0.15, 0.2) is 0 Å². The lowest BCUT2D eigenvalue weighted by Gasteiger charge is -2.34. The Labute approximate surface area is 102 Å². The van der Waals surface area contributed by atoms with Crippen molar-refractivity contribution < 1.29 is 18.3 Å². The van der Waals surface area contributed by atoms with Crippen molar-refractivity contribution in [3.05, 3.63) is 0 Å². The molecular formula is C11H19NO4S. The molecule has 2 fully saturated rings. The summed E-state index contributed by atoms with van der Waals surface area (Å²) in [5.41, 5.74) is 0. The standard InChI is InChI=1S/C11H19NO4S/c1-8-6-12(17(15,16)7-8)10-5-3-2-4-9(10)11(13)14/h8-10H,2-7H2,1H3,(H,13,14). The van der Waals surface area contributed by atoms with Gasteiger partial charge >= 0.3 is 5.97 Å². The van der Waals surface area contributed by atoms with E-state index >= 15 is 0 Å². The summed E-state index contributed by atoms with van der Waals surface area (Å²) >= 11 is 0. The SMILES string of the molecule is CC1CN(C2CCCCC2C(=O)O)S(=O)(=O)C1. The summed E-state index contributed by atoms with van der Waals surface area (Å²) in [5.74, 6) is -1.11. The number of carboxylic acids is 1. The van der Waals surface area contributed by atoms with Gasteiger partial charge in [0.25, 0.3) is 0 Å². The molecule has 6 heteroatoms. The number of hydrogen-bond donors (Lipinski definition) is 1. The van der Waals surface area contributed by atoms with Crippen LogP contribution in [0.25, 0.3) is 0 Å². The molecule has 2 rings (SSSR count). The highest BCUT2D eigenvalue weighted by molar-refractivity contribution is 7.89. The van der Waals surface area contributed by atoms with Crippen molar-refractivity contribution in [3.8, 4) is 0 Å². The lowest BCUT2D eigenvalue weighted by Crippen LogP contribution is -2.46. The Morgan fingerprint density at radius 2 is 1.94 bits per heavy atom. The normalized spacial score (nSPS) is 38.1. The maximum atomic E-state index is 12.0. The van der Waals surface area contributed by atoms with Gasteiger partial charge in [-0.3, -0.25) is 4.79 Å². The van der Waals surface area contributed by atoms with E-state index in [9.17, 15) is 18.3 Å². The first-order valence-electron chi connectivity index (χ1n) is 6.14. The van der Waals surface area contributed by atoms with E-state index in [0.29, 0.717) is 19.4 Å². The van der Waals surface area contributed by atoms with Crippen LogP contribution in [0.5, 0.6) is 0 Å². The zero-order valence-electron chi connectivity index (χ0n) is 10.0. The second kappa shape index (κ2) is 4.57. The van der Waals surface area contributed by atoms with E-state index in [1.54, 1.807) is 0 Å². The fourth-order valence-corrected chi connectivity index (χ4v) is 5.18. The summed E-state index contributed by atoms with van der Waals surface area (Å²) in [4.78, 5) is 11.2. The first kappa shape index (κ1) is 12.8. The zero-order valence-corrected chi connectivity index (χ0v) is 10.8. The van der Waals surface area contributed by atoms with Crippen LogP contribution >= 0.6 is 0 Å². The Hall–Kier alpha value is -0.620. The molecule has 1 saturated heterocycles. The second-order valence-corrected chi connectivity index (χ2v) is 7.22. The number of rotatable bonds is 2. The predicted octanol–water partition coefficient (Wildman–Crippen LogP) is 0.911. The molecule has 0 aromatic carbocycles. The topological polar surface area (TPSA) is 74.7 Å². The Kier molecular flexibility index (Phi) is 3.45. The number of carbonyl (C=O) groups is 1. The van der Waals surface area contributed by atoms with E-state index < -0.39 is 21.9 Å². The molecule has 3 unspecified atom stereocenters. The predicted molar refractivity (Wildman–Crippen MR) is 63.0 cm³/mol. The summed E-state index contributed by atoms with van der Waals surface area (Å²) in [5, 5.41) is 9.18. The van der Waals surface area contributed by atoms with Crippen LogP contribution in [-0.2, 0) is 14.8 Å². The van der Waals surface area contributed by atoms with E-state index in [-0.39, 0.29) is 17.7 Å². The Bertz CT molecular complexity index is 406. The third-order valence-corrected chi connectivity index (χ3v) is 5.89. The van der Waals surface area contributed by atoms with Gasteiger partial charge in [-0.25, -0.2) is 8.42 Å². The fraction of sp³-hybridized carbons (Fsp3) is 0.909. The van der Waals surface area contributed by atoms with Crippen molar-refractivity contribution >= 4 is 16.0 Å². The molecule has 5 nitrogen and oxygen atoms in total. The average molecular weight is 261 g/mol. The zero-order chi connectivity index (χ0) is 12.6. The summed E-state index contributed by atoms with van der Waals surface area (Å²) in [6, 6.07) is -0.323. The smallest absolute Gasteiger partial charge is 0.308 e. The molecule has 1 aliphatic carbocycles. The highest BCUT2D eigenvalue weighted by Gasteiger charge is 2.44. The van der Waals surface area contributed by atoms with Crippen molar-refractivity contribution in [1.29, 1.82) is 0 Å². The minimum absolute atomic E-state index is 0.108. The molecule has 0 radical (unpaired) electrons. The highest BCUT2D eigenvalue weighted by Crippen LogP contribution is 2.33. The van der Waals surface area contributed by atoms with E-state index in [1.807, 2.05) is 6.92 Å². The molecule has 1 N–H and O–H groups in total. The van der Waals surface area contributed by atoms with Crippen LogP contribution in [0.1, 0.15) is 32.6 Å². The van der Waals surface area contributed by atoms with Crippen molar-refractivity contribution in [2.45, 2.75) is 38.6 Å². The molecule has 1 aliphatic heterocycles. The summed E-state index contributed by atoms with van der Waals surface area (Å²) in [6.07, 6.45) is 3.09. The van der Waals surface area contributed by atoms with Gasteiger partial charge in [-0.1, -0.05) is 19.8 Å². The van der Waals surface area contributed by atoms with Crippen molar-refractivity contribution in [3.63, 3.8) is 0 Å². The molecule has 17 heavy (non-hydrogen) atoms. The molecule has 0 amide bonds. The molecule has 1 heterocycles. The Morgan fingerprint density at radius 3 is 2.47 bits per heavy atom. The minimum Gasteiger partial charge on any atom is -0.481 e. The molecule has 98 valence electrons. The lowest BCUT2D eigenvalue weighted by molar-refractivity contribution is -0.144. The van der Waals surface area contributed by atoms with Crippen molar-refractivity contribution in [2.75, 3.05) is 12.3 Å². The minimum atomic E-state index is -3.23. The van der Waals surface area contributed by atoms with Crippen LogP contribution in [0.4, 0.5) is 0 Å². The highest BCUT2D eigenvalue weighted by atomic mass is 32.2. The van der Waals surface area contributed by atoms with Crippen molar-refractivity contribution in [1.82, 2.24) is 4.31 Å². The third-order valence-electron chi connectivity index (χ3n) is 3.76. The lowest BCUT2D eigenvalue weighted by atomic mass is 9.84. The van der Waals surface area contributed by atoms with E-state index in [2.05, 4.69) is 0 Å². The van der Waals surface area contributed by atoms with E-state index in [0.717, 1.165) is 12.8 Å². The van der Waals surface area contributed by atoms with Crippen LogP contribution in [0, 0.1) is 11.8 Å². The summed E-state index contributed by atoms with van der Waals surface area (Å²) in [6.45, 7) is 2.38. The van der Waals surface area contributed by atoms with Crippen LogP contribution in [-0.4, -0.2) is 42.1 Å². The third kappa shape index (κ3) is 2.47. The summed E-state index contributed by atoms with van der Waals surface area (Å²) in [7, 11) is -3.23. The maximum absolute atomic E-state index is 12.0. The van der Waals surface area contributed by atoms with Crippen LogP contribution < -0.4 is 0 Å². The van der Waals surface area contributed by atoms with Crippen LogP contribution in [0.15, 0.2) is 0 Å². The monoisotopic (exact) mass is 261 g/mol. The van der Waals surface area contributed by atoms with Gasteiger partial charge in [0, 0.05) is 12.6 Å². The molecule has 1 saturated carbocycles. The van der Waals surface area contributed by atoms with Gasteiger partial charge in [0.2, 0.25) is 10.0 Å². The Balaban J connectivity index is 2.22. The quantitative estimate of drug-likeness (QED) is 0.801. The van der Waals surface area contributed by atoms with E-state index in [4.69, 9.17) is 0 Å². The first-order valence-corrected chi connectivity index (χ1v) is 7.75. The average Bonchev–Trinajstić information content (AvgIpc) is 2.51. The molecule has 0 aromatic rings. The van der Waals surface area contributed by atoms with Gasteiger partial charge in [0.1, 0.15) is 0 Å². The van der Waals surface area contributed by atoms with Gasteiger partial charge in [-0.15, -0.1) is 0 Å². The second-order valence-electron chi connectivity index (χ2n) is 5.25. The number of carboxylic acid groups (broad SMARTS) is 1. The van der Waals surface area contributed by atoms with Gasteiger partial charge in [-0.05, 0) is 18.8 Å². The van der Waals surface area contributed by atoms with Gasteiger partial charge in [-0.2, -0.15) is 4.31 Å². The molecule has 3 atom stereocenters. The largest absolute Gasteiger partial charge is 0.481 e. The molecule has 0 spiro atoms. The van der Waals surface area contributed by atoms with Gasteiger partial charge < -0.3 is 5.11 Å². The maximum Gasteiger partial charge on any atom is 0.308 e. The number of hydrogen-bond acceptors (Lipinski definition) is 3. The molecule has 0 aromatic heterocycles.